The van der Waals surface area contributed by atoms with Crippen LogP contribution in [-0.2, 0) is 0 Å². The van der Waals surface area contributed by atoms with Crippen LogP contribution in [0.25, 0.3) is 0 Å². The van der Waals surface area contributed by atoms with Gasteiger partial charge in [0.2, 0.25) is 5.78 Å². The molecule has 3 nitrogen and oxygen atoms in total. The number of aryl methyl sites for hydroxylation is 1. The van der Waals surface area contributed by atoms with E-state index in [1.165, 1.54) is 24.3 Å². The Morgan fingerprint density at radius 2 is 1.26 bits per heavy atom. The van der Waals surface area contributed by atoms with Crippen LogP contribution in [0, 0.1) is 12.7 Å². The summed E-state index contributed by atoms with van der Waals surface area (Å²) in [6.45, 7) is 3.66. The second-order valence-electron chi connectivity index (χ2n) is 6.35. The lowest BCUT2D eigenvalue weighted by Crippen LogP contribution is -2.23. The Morgan fingerprint density at radius 1 is 0.778 bits per heavy atom. The van der Waals surface area contributed by atoms with Gasteiger partial charge in [0.25, 0.3) is 0 Å². The Morgan fingerprint density at radius 3 is 1.81 bits per heavy atom. The molecule has 0 N–H and O–H groups in total. The van der Waals surface area contributed by atoms with Gasteiger partial charge in [0.05, 0.1) is 0 Å². The van der Waals surface area contributed by atoms with Crippen LogP contribution in [0.5, 0.6) is 5.75 Å². The molecular formula is C23H19FO3. The first-order chi connectivity index (χ1) is 12.9. The van der Waals surface area contributed by atoms with Crippen LogP contribution in [-0.4, -0.2) is 17.7 Å². The molecule has 0 unspecified atom stereocenters. The van der Waals surface area contributed by atoms with Gasteiger partial charge in [-0.2, -0.15) is 0 Å². The second-order valence-corrected chi connectivity index (χ2v) is 6.35. The summed E-state index contributed by atoms with van der Waals surface area (Å²) in [7, 11) is 0. The molecule has 0 spiro atoms. The number of Topliss-reactive ketones (excluding diaryl/α,β-unsaturated/α-hetero) is 1. The molecule has 3 aromatic rings. The summed E-state index contributed by atoms with van der Waals surface area (Å²) in [5, 5.41) is 0. The van der Waals surface area contributed by atoms with E-state index < -0.39 is 6.10 Å². The van der Waals surface area contributed by atoms with E-state index in [9.17, 15) is 14.0 Å². The van der Waals surface area contributed by atoms with Gasteiger partial charge in [0, 0.05) is 16.7 Å². The van der Waals surface area contributed by atoms with Gasteiger partial charge in [-0.05, 0) is 62.4 Å². The summed E-state index contributed by atoms with van der Waals surface area (Å²) in [5.41, 5.74) is 2.55. The van der Waals surface area contributed by atoms with E-state index in [1.54, 1.807) is 43.3 Å². The fourth-order valence-electron chi connectivity index (χ4n) is 2.66. The summed E-state index contributed by atoms with van der Waals surface area (Å²) in [4.78, 5) is 24.8. The van der Waals surface area contributed by atoms with Crippen LogP contribution < -0.4 is 4.74 Å². The predicted molar refractivity (Wildman–Crippen MR) is 102 cm³/mol. The van der Waals surface area contributed by atoms with Crippen molar-refractivity contribution in [1.82, 2.24) is 0 Å². The van der Waals surface area contributed by atoms with E-state index in [0.717, 1.165) is 5.56 Å². The minimum Gasteiger partial charge on any atom is -0.483 e. The first-order valence-corrected chi connectivity index (χ1v) is 8.62. The third-order valence-electron chi connectivity index (χ3n) is 4.24. The Kier molecular flexibility index (Phi) is 5.46. The molecule has 0 saturated carbocycles. The molecule has 3 aromatic carbocycles. The average Bonchev–Trinajstić information content (AvgIpc) is 2.68. The summed E-state index contributed by atoms with van der Waals surface area (Å²) < 4.78 is 18.7. The Balaban J connectivity index is 1.68. The fourth-order valence-corrected chi connectivity index (χ4v) is 2.66. The van der Waals surface area contributed by atoms with Crippen LogP contribution in [0.15, 0.2) is 72.8 Å². The number of ketones is 2. The van der Waals surface area contributed by atoms with Crippen molar-refractivity contribution in [3.8, 4) is 5.75 Å². The number of rotatable bonds is 6. The number of carbonyl (C=O) groups is 2. The van der Waals surface area contributed by atoms with Crippen molar-refractivity contribution in [2.24, 2.45) is 0 Å². The lowest BCUT2D eigenvalue weighted by atomic mass is 10.0. The Bertz CT molecular complexity index is 942. The lowest BCUT2D eigenvalue weighted by Gasteiger charge is -2.14. The highest BCUT2D eigenvalue weighted by Crippen LogP contribution is 2.18. The maximum Gasteiger partial charge on any atom is 0.202 e. The van der Waals surface area contributed by atoms with E-state index >= 15 is 0 Å². The molecule has 27 heavy (non-hydrogen) atoms. The van der Waals surface area contributed by atoms with Gasteiger partial charge >= 0.3 is 0 Å². The molecule has 3 rings (SSSR count). The smallest absolute Gasteiger partial charge is 0.202 e. The first kappa shape index (κ1) is 18.5. The van der Waals surface area contributed by atoms with Crippen molar-refractivity contribution >= 4 is 11.6 Å². The Hall–Kier alpha value is -3.27. The van der Waals surface area contributed by atoms with E-state index in [4.69, 9.17) is 4.74 Å². The lowest BCUT2D eigenvalue weighted by molar-refractivity contribution is 0.0817. The SMILES string of the molecule is Cc1ccc(C(=O)[C@@H](C)Oc2ccc(C(=O)c3ccc(F)cc3)cc2)cc1. The van der Waals surface area contributed by atoms with Gasteiger partial charge in [0.15, 0.2) is 11.9 Å². The number of hydrogen-bond donors (Lipinski definition) is 0. The minimum absolute atomic E-state index is 0.110. The summed E-state index contributed by atoms with van der Waals surface area (Å²) in [5.74, 6) is -0.201. The molecule has 0 radical (unpaired) electrons. The van der Waals surface area contributed by atoms with Crippen molar-refractivity contribution in [2.45, 2.75) is 20.0 Å². The van der Waals surface area contributed by atoms with Crippen molar-refractivity contribution in [3.63, 3.8) is 0 Å². The van der Waals surface area contributed by atoms with Gasteiger partial charge in [-0.25, -0.2) is 4.39 Å². The molecule has 1 atom stereocenters. The first-order valence-electron chi connectivity index (χ1n) is 8.62. The maximum absolute atomic E-state index is 13.0. The third kappa shape index (κ3) is 4.47. The van der Waals surface area contributed by atoms with Crippen molar-refractivity contribution in [2.75, 3.05) is 0 Å². The molecule has 0 aliphatic carbocycles. The molecule has 0 aromatic heterocycles. The summed E-state index contributed by atoms with van der Waals surface area (Å²) in [6, 6.07) is 19.3. The number of halogens is 1. The van der Waals surface area contributed by atoms with Crippen molar-refractivity contribution in [1.29, 1.82) is 0 Å². The van der Waals surface area contributed by atoms with Crippen LogP contribution >= 0.6 is 0 Å². The fraction of sp³-hybridized carbons (Fsp3) is 0.130. The highest BCUT2D eigenvalue weighted by Gasteiger charge is 2.17. The average molecular weight is 362 g/mol. The molecule has 0 bridgehead atoms. The van der Waals surface area contributed by atoms with Crippen molar-refractivity contribution < 1.29 is 18.7 Å². The second kappa shape index (κ2) is 7.96. The highest BCUT2D eigenvalue weighted by atomic mass is 19.1. The topological polar surface area (TPSA) is 43.4 Å². The van der Waals surface area contributed by atoms with E-state index in [2.05, 4.69) is 0 Å². The zero-order valence-corrected chi connectivity index (χ0v) is 15.1. The number of hydrogen-bond acceptors (Lipinski definition) is 3. The molecule has 0 amide bonds. The summed E-state index contributed by atoms with van der Waals surface area (Å²) >= 11 is 0. The summed E-state index contributed by atoms with van der Waals surface area (Å²) in [6.07, 6.45) is -0.647. The molecular weight excluding hydrogens is 343 g/mol. The van der Waals surface area contributed by atoms with Crippen LogP contribution in [0.3, 0.4) is 0 Å². The predicted octanol–water partition coefficient (Wildman–Crippen LogP) is 5.02. The zero-order valence-electron chi connectivity index (χ0n) is 15.1. The molecule has 0 aliphatic rings. The van der Waals surface area contributed by atoms with Crippen LogP contribution in [0.2, 0.25) is 0 Å². The molecule has 0 saturated heterocycles. The van der Waals surface area contributed by atoms with Gasteiger partial charge in [-0.3, -0.25) is 9.59 Å². The number of benzene rings is 3. The van der Waals surface area contributed by atoms with E-state index in [-0.39, 0.29) is 17.4 Å². The zero-order chi connectivity index (χ0) is 19.4. The molecule has 0 heterocycles. The molecule has 0 fully saturated rings. The van der Waals surface area contributed by atoms with Crippen molar-refractivity contribution in [3.05, 3.63) is 101 Å². The quantitative estimate of drug-likeness (QED) is 0.579. The van der Waals surface area contributed by atoms with Crippen LogP contribution in [0.4, 0.5) is 4.39 Å². The van der Waals surface area contributed by atoms with Crippen LogP contribution in [0.1, 0.15) is 38.8 Å². The largest absolute Gasteiger partial charge is 0.483 e. The standard InChI is InChI=1S/C23H19FO3/c1-15-3-5-17(6-4-15)22(25)16(2)27-21-13-9-19(10-14-21)23(26)18-7-11-20(24)12-8-18/h3-14,16H,1-2H3/t16-/m1/s1. The normalized spacial score (nSPS) is 11.7. The monoisotopic (exact) mass is 362 g/mol. The van der Waals surface area contributed by atoms with Gasteiger partial charge < -0.3 is 4.74 Å². The minimum atomic E-state index is -0.647. The van der Waals surface area contributed by atoms with E-state index in [0.29, 0.717) is 22.4 Å². The molecule has 0 aliphatic heterocycles. The third-order valence-corrected chi connectivity index (χ3v) is 4.24. The number of ether oxygens (including phenoxy) is 1. The van der Waals surface area contributed by atoms with Gasteiger partial charge in [0.1, 0.15) is 11.6 Å². The van der Waals surface area contributed by atoms with E-state index in [1.807, 2.05) is 19.1 Å². The van der Waals surface area contributed by atoms with Gasteiger partial charge in [-0.1, -0.05) is 29.8 Å². The number of carbonyl (C=O) groups excluding carboxylic acids is 2. The molecule has 4 heteroatoms. The highest BCUT2D eigenvalue weighted by molar-refractivity contribution is 6.09. The van der Waals surface area contributed by atoms with Gasteiger partial charge in [-0.15, -0.1) is 0 Å². The molecule has 136 valence electrons. The maximum atomic E-state index is 13.0. The Labute approximate surface area is 157 Å².